The highest BCUT2D eigenvalue weighted by atomic mass is 19.1. The van der Waals surface area contributed by atoms with Crippen LogP contribution >= 0.6 is 0 Å². The summed E-state index contributed by atoms with van der Waals surface area (Å²) < 4.78 is 21.3. The number of halogens is 1. The zero-order valence-corrected chi connectivity index (χ0v) is 19.3. The van der Waals surface area contributed by atoms with Gasteiger partial charge in [-0.05, 0) is 49.9 Å². The second kappa shape index (κ2) is 9.54. The van der Waals surface area contributed by atoms with E-state index < -0.39 is 0 Å². The maximum absolute atomic E-state index is 13.8. The third-order valence-electron chi connectivity index (χ3n) is 5.79. The minimum atomic E-state index is -0.304. The van der Waals surface area contributed by atoms with Gasteiger partial charge in [0.15, 0.2) is 11.6 Å². The molecule has 0 atom stereocenters. The fourth-order valence-electron chi connectivity index (χ4n) is 4.18. The van der Waals surface area contributed by atoms with Gasteiger partial charge >= 0.3 is 0 Å². The molecular weight excluding hydrogens is 433 g/mol. The minimum absolute atomic E-state index is 0.304. The van der Waals surface area contributed by atoms with E-state index in [1.165, 1.54) is 12.1 Å². The normalized spacial score (nSPS) is 12.6. The molecule has 0 aliphatic heterocycles. The van der Waals surface area contributed by atoms with Crippen molar-refractivity contribution < 1.29 is 9.13 Å². The smallest absolute Gasteiger partial charge is 0.180 e. The van der Waals surface area contributed by atoms with Gasteiger partial charge in [-0.15, -0.1) is 10.2 Å². The molecule has 174 valence electrons. The molecular formula is C25H26FN7O. The number of benzene rings is 1. The largest absolute Gasteiger partial charge is 0.493 e. The van der Waals surface area contributed by atoms with E-state index in [-0.39, 0.29) is 5.82 Å². The average molecular weight is 460 g/mol. The Hall–Kier alpha value is -3.88. The highest BCUT2D eigenvalue weighted by molar-refractivity contribution is 5.59. The van der Waals surface area contributed by atoms with Gasteiger partial charge in [-0.2, -0.15) is 0 Å². The lowest BCUT2D eigenvalue weighted by atomic mass is 10.2. The first-order valence-electron chi connectivity index (χ1n) is 11.5. The first-order valence-corrected chi connectivity index (χ1v) is 11.5. The fourth-order valence-corrected chi connectivity index (χ4v) is 4.18. The Kier molecular flexibility index (Phi) is 6.16. The molecule has 0 amide bonds. The van der Waals surface area contributed by atoms with E-state index in [1.807, 2.05) is 30.1 Å². The lowest BCUT2D eigenvalue weighted by Gasteiger charge is -2.21. The van der Waals surface area contributed by atoms with Gasteiger partial charge in [0.05, 0.1) is 18.8 Å². The van der Waals surface area contributed by atoms with Crippen molar-refractivity contribution in [3.63, 3.8) is 0 Å². The average Bonchev–Trinajstić information content (AvgIpc) is 3.51. The van der Waals surface area contributed by atoms with Gasteiger partial charge in [0.25, 0.3) is 0 Å². The predicted molar refractivity (Wildman–Crippen MR) is 126 cm³/mol. The van der Waals surface area contributed by atoms with Crippen LogP contribution in [-0.2, 0) is 19.4 Å². The van der Waals surface area contributed by atoms with Crippen LogP contribution in [0.3, 0.4) is 0 Å². The Morgan fingerprint density at radius 1 is 1.15 bits per heavy atom. The molecule has 0 saturated carbocycles. The first-order chi connectivity index (χ1) is 16.6. The molecule has 4 aromatic rings. The molecule has 0 N–H and O–H groups in total. The van der Waals surface area contributed by atoms with E-state index in [0.29, 0.717) is 36.2 Å². The third kappa shape index (κ3) is 4.46. The number of pyridine rings is 1. The van der Waals surface area contributed by atoms with Crippen molar-refractivity contribution in [1.29, 1.82) is 0 Å². The summed E-state index contributed by atoms with van der Waals surface area (Å²) >= 11 is 0. The highest BCUT2D eigenvalue weighted by Gasteiger charge is 2.23. The topological polar surface area (TPSA) is 81.9 Å². The Balaban J connectivity index is 1.47. The van der Waals surface area contributed by atoms with Crippen LogP contribution in [0, 0.1) is 5.82 Å². The van der Waals surface area contributed by atoms with E-state index in [1.54, 1.807) is 23.2 Å². The lowest BCUT2D eigenvalue weighted by Crippen LogP contribution is -2.22. The summed E-state index contributed by atoms with van der Waals surface area (Å²) in [5, 5.41) is 8.33. The first kappa shape index (κ1) is 21.9. The molecule has 0 saturated heterocycles. The van der Waals surface area contributed by atoms with Crippen LogP contribution in [0.4, 0.5) is 10.2 Å². The van der Waals surface area contributed by atoms with Gasteiger partial charge in [-0.1, -0.05) is 13.0 Å². The van der Waals surface area contributed by atoms with Crippen molar-refractivity contribution in [1.82, 2.24) is 29.7 Å². The van der Waals surface area contributed by atoms with Crippen LogP contribution < -0.4 is 9.64 Å². The maximum atomic E-state index is 13.8. The number of ether oxygens (including phenoxy) is 1. The molecule has 3 heterocycles. The number of aryl methyl sites for hydroxylation is 1. The third-order valence-corrected chi connectivity index (χ3v) is 5.79. The molecule has 0 fully saturated rings. The van der Waals surface area contributed by atoms with Crippen molar-refractivity contribution in [3.05, 3.63) is 71.8 Å². The number of aromatic nitrogens is 6. The molecule has 1 aliphatic rings. The number of anilines is 1. The van der Waals surface area contributed by atoms with Crippen molar-refractivity contribution in [2.45, 2.75) is 39.2 Å². The Labute approximate surface area is 197 Å². The van der Waals surface area contributed by atoms with Crippen molar-refractivity contribution in [3.8, 4) is 23.0 Å². The van der Waals surface area contributed by atoms with Gasteiger partial charge < -0.3 is 9.64 Å². The standard InChI is InChI=1S/C25H26FN7O/c1-3-12-34-19-10-11-27-22(14-19)24-29-21-9-5-8-20(21)25(30-24)32(2)15-23-31-28-16-33(23)18-7-4-6-17(26)13-18/h4,6-7,10-11,13-14,16H,3,5,8-9,12,15H2,1-2H3. The van der Waals surface area contributed by atoms with Crippen LogP contribution in [0.1, 0.15) is 36.8 Å². The fraction of sp³-hybridized carbons (Fsp3) is 0.320. The van der Waals surface area contributed by atoms with Gasteiger partial charge in [0.2, 0.25) is 0 Å². The van der Waals surface area contributed by atoms with Crippen LogP contribution in [0.2, 0.25) is 0 Å². The molecule has 5 rings (SSSR count). The SMILES string of the molecule is CCCOc1ccnc(-c2nc3c(c(N(C)Cc4nncn4-c4cccc(F)c4)n2)CCC3)c1. The minimum Gasteiger partial charge on any atom is -0.493 e. The summed E-state index contributed by atoms with van der Waals surface area (Å²) in [4.78, 5) is 16.3. The van der Waals surface area contributed by atoms with E-state index in [0.717, 1.165) is 48.5 Å². The second-order valence-corrected chi connectivity index (χ2v) is 8.33. The molecule has 0 unspecified atom stereocenters. The van der Waals surface area contributed by atoms with Crippen LogP contribution in [0.25, 0.3) is 17.2 Å². The number of fused-ring (bicyclic) bond motifs is 1. The second-order valence-electron chi connectivity index (χ2n) is 8.33. The van der Waals surface area contributed by atoms with E-state index in [2.05, 4.69) is 22.1 Å². The van der Waals surface area contributed by atoms with Gasteiger partial charge in [0, 0.05) is 30.6 Å². The summed E-state index contributed by atoms with van der Waals surface area (Å²) in [5.41, 5.74) is 3.57. The molecule has 34 heavy (non-hydrogen) atoms. The summed E-state index contributed by atoms with van der Waals surface area (Å²) in [7, 11) is 1.98. The Morgan fingerprint density at radius 2 is 2.06 bits per heavy atom. The van der Waals surface area contributed by atoms with Crippen molar-refractivity contribution in [2.75, 3.05) is 18.6 Å². The van der Waals surface area contributed by atoms with E-state index in [4.69, 9.17) is 14.7 Å². The molecule has 8 nitrogen and oxygen atoms in total. The van der Waals surface area contributed by atoms with Crippen LogP contribution in [0.15, 0.2) is 48.9 Å². The molecule has 0 radical (unpaired) electrons. The molecule has 9 heteroatoms. The number of hydrogen-bond donors (Lipinski definition) is 0. The van der Waals surface area contributed by atoms with Gasteiger partial charge in [0.1, 0.15) is 29.4 Å². The molecule has 3 aromatic heterocycles. The maximum Gasteiger partial charge on any atom is 0.180 e. The molecule has 0 bridgehead atoms. The lowest BCUT2D eigenvalue weighted by molar-refractivity contribution is 0.317. The van der Waals surface area contributed by atoms with E-state index in [9.17, 15) is 4.39 Å². The highest BCUT2D eigenvalue weighted by Crippen LogP contribution is 2.32. The zero-order chi connectivity index (χ0) is 23.5. The molecule has 1 aromatic carbocycles. The number of hydrogen-bond acceptors (Lipinski definition) is 7. The summed E-state index contributed by atoms with van der Waals surface area (Å²) in [6.45, 7) is 3.17. The van der Waals surface area contributed by atoms with Crippen LogP contribution in [0.5, 0.6) is 5.75 Å². The Bertz CT molecular complexity index is 1310. The van der Waals surface area contributed by atoms with Gasteiger partial charge in [-0.3, -0.25) is 9.55 Å². The number of nitrogens with zero attached hydrogens (tertiary/aromatic N) is 7. The van der Waals surface area contributed by atoms with Crippen molar-refractivity contribution in [2.24, 2.45) is 0 Å². The Morgan fingerprint density at radius 3 is 2.91 bits per heavy atom. The molecule has 0 spiro atoms. The van der Waals surface area contributed by atoms with Gasteiger partial charge in [-0.25, -0.2) is 14.4 Å². The summed E-state index contributed by atoms with van der Waals surface area (Å²) in [6.07, 6.45) is 7.14. The zero-order valence-electron chi connectivity index (χ0n) is 19.3. The van der Waals surface area contributed by atoms with Crippen LogP contribution in [-0.4, -0.2) is 43.4 Å². The number of rotatable bonds is 8. The quantitative estimate of drug-likeness (QED) is 0.391. The monoisotopic (exact) mass is 459 g/mol. The predicted octanol–water partition coefficient (Wildman–Crippen LogP) is 4.17. The summed E-state index contributed by atoms with van der Waals surface area (Å²) in [6, 6.07) is 10.1. The van der Waals surface area contributed by atoms with Crippen molar-refractivity contribution >= 4 is 5.82 Å². The summed E-state index contributed by atoms with van der Waals surface area (Å²) in [5.74, 6) is 2.58. The van der Waals surface area contributed by atoms with E-state index >= 15 is 0 Å². The molecule has 1 aliphatic carbocycles.